The fourth-order valence-corrected chi connectivity index (χ4v) is 2.13. The van der Waals surface area contributed by atoms with Gasteiger partial charge in [-0.2, -0.15) is 0 Å². The summed E-state index contributed by atoms with van der Waals surface area (Å²) in [6.45, 7) is 3.99. The fraction of sp³-hybridized carbons (Fsp3) is 0.818. The van der Waals surface area contributed by atoms with Crippen molar-refractivity contribution in [3.8, 4) is 0 Å². The van der Waals surface area contributed by atoms with Gasteiger partial charge in [-0.15, -0.1) is 0 Å². The van der Waals surface area contributed by atoms with Crippen LogP contribution < -0.4 is 10.6 Å². The molecule has 17 heavy (non-hydrogen) atoms. The highest BCUT2D eigenvalue weighted by Gasteiger charge is 2.41. The molecule has 1 aliphatic heterocycles. The lowest BCUT2D eigenvalue weighted by Crippen LogP contribution is -2.58. The quantitative estimate of drug-likeness (QED) is 0.521. The Kier molecular flexibility index (Phi) is 4.47. The van der Waals surface area contributed by atoms with Gasteiger partial charge in [-0.25, -0.2) is 4.79 Å². The summed E-state index contributed by atoms with van der Waals surface area (Å²) in [6.07, 6.45) is 1.08. The van der Waals surface area contributed by atoms with Gasteiger partial charge in [0.15, 0.2) is 6.04 Å². The SMILES string of the molecule is CCC1(C(=O)NC(C(=O)O)C(C)O)CCCN1. The van der Waals surface area contributed by atoms with Crippen molar-refractivity contribution in [2.75, 3.05) is 6.54 Å². The van der Waals surface area contributed by atoms with Crippen LogP contribution in [0.4, 0.5) is 0 Å². The lowest BCUT2D eigenvalue weighted by molar-refractivity contribution is -0.145. The van der Waals surface area contributed by atoms with Crippen molar-refractivity contribution in [1.29, 1.82) is 0 Å². The Bertz CT molecular complexity index is 298. The third kappa shape index (κ3) is 2.95. The number of carbonyl (C=O) groups is 2. The first kappa shape index (κ1) is 13.9. The summed E-state index contributed by atoms with van der Waals surface area (Å²) >= 11 is 0. The number of carboxylic acid groups (broad SMARTS) is 1. The summed E-state index contributed by atoms with van der Waals surface area (Å²) in [6, 6.07) is -1.26. The normalized spacial score (nSPS) is 27.5. The Labute approximate surface area is 100 Å². The van der Waals surface area contributed by atoms with Crippen molar-refractivity contribution in [3.63, 3.8) is 0 Å². The van der Waals surface area contributed by atoms with E-state index in [2.05, 4.69) is 10.6 Å². The van der Waals surface area contributed by atoms with Crippen molar-refractivity contribution in [2.45, 2.75) is 50.8 Å². The molecule has 0 aromatic carbocycles. The molecule has 1 heterocycles. The average Bonchev–Trinajstić information content (AvgIpc) is 2.74. The van der Waals surface area contributed by atoms with Crippen LogP contribution in [-0.4, -0.2) is 46.3 Å². The second kappa shape index (κ2) is 5.46. The molecule has 1 rings (SSSR count). The molecule has 0 radical (unpaired) electrons. The maximum Gasteiger partial charge on any atom is 0.328 e. The number of aliphatic hydroxyl groups is 1. The maximum absolute atomic E-state index is 12.1. The molecule has 0 saturated carbocycles. The highest BCUT2D eigenvalue weighted by molar-refractivity contribution is 5.90. The van der Waals surface area contributed by atoms with Crippen molar-refractivity contribution >= 4 is 11.9 Å². The van der Waals surface area contributed by atoms with E-state index in [-0.39, 0.29) is 5.91 Å². The van der Waals surface area contributed by atoms with E-state index in [9.17, 15) is 14.7 Å². The number of hydrogen-bond acceptors (Lipinski definition) is 4. The predicted octanol–water partition coefficient (Wildman–Crippen LogP) is -0.531. The van der Waals surface area contributed by atoms with E-state index in [1.54, 1.807) is 0 Å². The molecular formula is C11H20N2O4. The molecule has 3 atom stereocenters. The van der Waals surface area contributed by atoms with Crippen LogP contribution in [0.15, 0.2) is 0 Å². The molecule has 0 spiro atoms. The second-order valence-corrected chi connectivity index (χ2v) is 4.50. The molecule has 98 valence electrons. The van der Waals surface area contributed by atoms with E-state index in [0.717, 1.165) is 13.0 Å². The molecule has 6 heteroatoms. The Balaban J connectivity index is 2.72. The molecule has 1 fully saturated rings. The van der Waals surface area contributed by atoms with Gasteiger partial charge in [0.2, 0.25) is 5.91 Å². The van der Waals surface area contributed by atoms with Crippen molar-refractivity contribution in [1.82, 2.24) is 10.6 Å². The number of carbonyl (C=O) groups excluding carboxylic acids is 1. The first-order chi connectivity index (χ1) is 7.93. The molecule has 0 aliphatic carbocycles. The first-order valence-corrected chi connectivity index (χ1v) is 5.90. The number of rotatable bonds is 5. The Hall–Kier alpha value is -1.14. The highest BCUT2D eigenvalue weighted by Crippen LogP contribution is 2.23. The van der Waals surface area contributed by atoms with Crippen LogP contribution in [0.25, 0.3) is 0 Å². The minimum absolute atomic E-state index is 0.342. The minimum atomic E-state index is -1.26. The second-order valence-electron chi connectivity index (χ2n) is 4.50. The molecule has 0 aromatic heterocycles. The van der Waals surface area contributed by atoms with Crippen molar-refractivity contribution < 1.29 is 19.8 Å². The van der Waals surface area contributed by atoms with Crippen LogP contribution >= 0.6 is 0 Å². The van der Waals surface area contributed by atoms with Crippen molar-refractivity contribution in [3.05, 3.63) is 0 Å². The van der Waals surface area contributed by atoms with Crippen LogP contribution in [0, 0.1) is 0 Å². The Morgan fingerprint density at radius 2 is 2.18 bits per heavy atom. The predicted molar refractivity (Wildman–Crippen MR) is 61.5 cm³/mol. The van der Waals surface area contributed by atoms with Crippen LogP contribution in [0.3, 0.4) is 0 Å². The maximum atomic E-state index is 12.1. The molecule has 6 nitrogen and oxygen atoms in total. The lowest BCUT2D eigenvalue weighted by Gasteiger charge is -2.29. The van der Waals surface area contributed by atoms with Gasteiger partial charge in [0.25, 0.3) is 0 Å². The zero-order chi connectivity index (χ0) is 13.1. The van der Waals surface area contributed by atoms with Gasteiger partial charge in [0, 0.05) is 0 Å². The van der Waals surface area contributed by atoms with E-state index in [0.29, 0.717) is 12.8 Å². The molecule has 1 amide bonds. The monoisotopic (exact) mass is 244 g/mol. The van der Waals surface area contributed by atoms with Gasteiger partial charge in [-0.1, -0.05) is 6.92 Å². The molecule has 3 unspecified atom stereocenters. The Morgan fingerprint density at radius 1 is 1.53 bits per heavy atom. The molecule has 1 aliphatic rings. The van der Waals surface area contributed by atoms with E-state index in [1.807, 2.05) is 6.92 Å². The summed E-state index contributed by atoms with van der Waals surface area (Å²) < 4.78 is 0. The van der Waals surface area contributed by atoms with Gasteiger partial charge in [-0.3, -0.25) is 4.79 Å². The molecule has 0 aromatic rings. The van der Waals surface area contributed by atoms with Gasteiger partial charge < -0.3 is 20.8 Å². The average molecular weight is 244 g/mol. The number of hydrogen-bond donors (Lipinski definition) is 4. The zero-order valence-electron chi connectivity index (χ0n) is 10.2. The summed E-state index contributed by atoms with van der Waals surface area (Å²) in [5.41, 5.74) is -0.678. The van der Waals surface area contributed by atoms with Crippen LogP contribution in [0.5, 0.6) is 0 Å². The number of carboxylic acids is 1. The van der Waals surface area contributed by atoms with Crippen LogP contribution in [0.2, 0.25) is 0 Å². The summed E-state index contributed by atoms with van der Waals surface area (Å²) in [5, 5.41) is 23.7. The van der Waals surface area contributed by atoms with Crippen molar-refractivity contribution in [2.24, 2.45) is 0 Å². The van der Waals surface area contributed by atoms with E-state index in [1.165, 1.54) is 6.92 Å². The third-order valence-corrected chi connectivity index (χ3v) is 3.32. The summed E-state index contributed by atoms with van der Waals surface area (Å²) in [4.78, 5) is 23.0. The number of amides is 1. The van der Waals surface area contributed by atoms with Gasteiger partial charge in [0.05, 0.1) is 11.6 Å². The number of nitrogens with one attached hydrogen (secondary N) is 2. The van der Waals surface area contributed by atoms with E-state index in [4.69, 9.17) is 5.11 Å². The topological polar surface area (TPSA) is 98.7 Å². The van der Waals surface area contributed by atoms with Gasteiger partial charge >= 0.3 is 5.97 Å². The summed E-state index contributed by atoms with van der Waals surface area (Å²) in [5.74, 6) is -1.57. The zero-order valence-corrected chi connectivity index (χ0v) is 10.2. The lowest BCUT2D eigenvalue weighted by atomic mass is 9.92. The van der Waals surface area contributed by atoms with Crippen LogP contribution in [0.1, 0.15) is 33.1 Å². The standard InChI is InChI=1S/C11H20N2O4/c1-3-11(5-4-6-12-11)10(17)13-8(7(2)14)9(15)16/h7-8,12,14H,3-6H2,1-2H3,(H,13,17)(H,15,16). The molecule has 0 bridgehead atoms. The third-order valence-electron chi connectivity index (χ3n) is 3.32. The van der Waals surface area contributed by atoms with E-state index >= 15 is 0 Å². The Morgan fingerprint density at radius 3 is 2.53 bits per heavy atom. The molecular weight excluding hydrogens is 224 g/mol. The van der Waals surface area contributed by atoms with Crippen LogP contribution in [-0.2, 0) is 9.59 Å². The number of aliphatic hydroxyl groups excluding tert-OH is 1. The first-order valence-electron chi connectivity index (χ1n) is 5.90. The highest BCUT2D eigenvalue weighted by atomic mass is 16.4. The molecule has 4 N–H and O–H groups in total. The number of aliphatic carboxylic acids is 1. The van der Waals surface area contributed by atoms with Gasteiger partial charge in [0.1, 0.15) is 0 Å². The smallest absolute Gasteiger partial charge is 0.328 e. The summed E-state index contributed by atoms with van der Waals surface area (Å²) in [7, 11) is 0. The minimum Gasteiger partial charge on any atom is -0.480 e. The largest absolute Gasteiger partial charge is 0.480 e. The molecule has 1 saturated heterocycles. The fourth-order valence-electron chi connectivity index (χ4n) is 2.13. The van der Waals surface area contributed by atoms with Gasteiger partial charge in [-0.05, 0) is 32.7 Å². The van der Waals surface area contributed by atoms with E-state index < -0.39 is 23.7 Å².